The fraction of sp³-hybridized carbons (Fsp3) is 0.611. The van der Waals surface area contributed by atoms with Crippen LogP contribution in [0.3, 0.4) is 0 Å². The van der Waals surface area contributed by atoms with E-state index < -0.39 is 0 Å². The van der Waals surface area contributed by atoms with Gasteiger partial charge >= 0.3 is 6.03 Å². The fourth-order valence-electron chi connectivity index (χ4n) is 4.10. The molecule has 2 saturated heterocycles. The molecular formula is C18H25N3O2. The highest BCUT2D eigenvalue weighted by atomic mass is 16.5. The molecular weight excluding hydrogens is 290 g/mol. The molecule has 0 aromatic heterocycles. The minimum Gasteiger partial charge on any atom is -0.493 e. The number of carbonyl (C=O) groups excluding carboxylic acids is 1. The summed E-state index contributed by atoms with van der Waals surface area (Å²) in [7, 11) is 0. The van der Waals surface area contributed by atoms with Crippen molar-refractivity contribution in [1.29, 1.82) is 0 Å². The molecule has 0 spiro atoms. The molecule has 3 aliphatic heterocycles. The molecule has 23 heavy (non-hydrogen) atoms. The van der Waals surface area contributed by atoms with E-state index in [1.807, 2.05) is 11.0 Å². The quantitative estimate of drug-likeness (QED) is 0.924. The Bertz CT molecular complexity index is 577. The Hall–Kier alpha value is -1.75. The first-order valence-electron chi connectivity index (χ1n) is 8.77. The maximum atomic E-state index is 12.0. The molecule has 2 fully saturated rings. The zero-order valence-corrected chi connectivity index (χ0v) is 13.5. The van der Waals surface area contributed by atoms with Crippen LogP contribution in [0.15, 0.2) is 24.3 Å². The summed E-state index contributed by atoms with van der Waals surface area (Å²) in [5.41, 5.74) is 1.33. The highest BCUT2D eigenvalue weighted by molar-refractivity contribution is 5.75. The average Bonchev–Trinajstić information content (AvgIpc) is 3.03. The molecule has 3 aliphatic rings. The molecule has 1 aromatic rings. The minimum atomic E-state index is 0.123. The van der Waals surface area contributed by atoms with E-state index in [1.165, 1.54) is 5.56 Å². The van der Waals surface area contributed by atoms with Crippen LogP contribution in [-0.4, -0.2) is 61.2 Å². The summed E-state index contributed by atoms with van der Waals surface area (Å²) >= 11 is 0. The SMILES string of the molecule is O=C1NCCCN1C1CCN(CC2COc3ccccc3C2)C1. The van der Waals surface area contributed by atoms with Crippen molar-refractivity contribution in [1.82, 2.24) is 15.1 Å². The number of benzene rings is 1. The zero-order chi connectivity index (χ0) is 15.6. The van der Waals surface area contributed by atoms with Gasteiger partial charge in [0.2, 0.25) is 0 Å². The van der Waals surface area contributed by atoms with Crippen LogP contribution < -0.4 is 10.1 Å². The van der Waals surface area contributed by atoms with Crippen LogP contribution in [0.4, 0.5) is 4.79 Å². The molecule has 124 valence electrons. The first-order chi connectivity index (χ1) is 11.3. The smallest absolute Gasteiger partial charge is 0.317 e. The molecule has 0 radical (unpaired) electrons. The van der Waals surface area contributed by atoms with Crippen LogP contribution in [0.2, 0.25) is 0 Å². The minimum absolute atomic E-state index is 0.123. The monoisotopic (exact) mass is 315 g/mol. The number of rotatable bonds is 3. The van der Waals surface area contributed by atoms with Gasteiger partial charge in [-0.25, -0.2) is 4.79 Å². The maximum Gasteiger partial charge on any atom is 0.317 e. The lowest BCUT2D eigenvalue weighted by molar-refractivity contribution is 0.150. The zero-order valence-electron chi connectivity index (χ0n) is 13.5. The van der Waals surface area contributed by atoms with Crippen LogP contribution in [0.1, 0.15) is 18.4 Å². The standard InChI is InChI=1S/C18H25N3O2/c22-18-19-7-3-8-21(18)16-6-9-20(12-16)11-14-10-15-4-1-2-5-17(15)23-13-14/h1-2,4-5,14,16H,3,6-13H2,(H,19,22). The molecule has 0 aliphatic carbocycles. The van der Waals surface area contributed by atoms with Crippen LogP contribution in [-0.2, 0) is 6.42 Å². The lowest BCUT2D eigenvalue weighted by Crippen LogP contribution is -2.52. The fourth-order valence-corrected chi connectivity index (χ4v) is 4.10. The Balaban J connectivity index is 1.32. The molecule has 1 N–H and O–H groups in total. The largest absolute Gasteiger partial charge is 0.493 e. The molecule has 5 heteroatoms. The lowest BCUT2D eigenvalue weighted by Gasteiger charge is -2.33. The van der Waals surface area contributed by atoms with Gasteiger partial charge in [0.1, 0.15) is 5.75 Å². The number of para-hydroxylation sites is 1. The molecule has 3 heterocycles. The van der Waals surface area contributed by atoms with Crippen molar-refractivity contribution in [2.45, 2.75) is 25.3 Å². The molecule has 5 nitrogen and oxygen atoms in total. The summed E-state index contributed by atoms with van der Waals surface area (Å²) in [5, 5.41) is 2.96. The second-order valence-electron chi connectivity index (χ2n) is 6.97. The molecule has 1 aromatic carbocycles. The number of urea groups is 1. The van der Waals surface area contributed by atoms with Crippen molar-refractivity contribution in [3.8, 4) is 5.75 Å². The van der Waals surface area contributed by atoms with E-state index in [9.17, 15) is 4.79 Å². The summed E-state index contributed by atoms with van der Waals surface area (Å²) in [6.07, 6.45) is 3.26. The molecule has 2 atom stereocenters. The summed E-state index contributed by atoms with van der Waals surface area (Å²) in [4.78, 5) is 16.5. The summed E-state index contributed by atoms with van der Waals surface area (Å²) in [5.74, 6) is 1.60. The Morgan fingerprint density at radius 2 is 2.17 bits per heavy atom. The highest BCUT2D eigenvalue weighted by Crippen LogP contribution is 2.28. The summed E-state index contributed by atoms with van der Waals surface area (Å²) in [6, 6.07) is 8.86. The van der Waals surface area contributed by atoms with E-state index in [2.05, 4.69) is 28.4 Å². The number of fused-ring (bicyclic) bond motifs is 1. The number of amides is 2. The summed E-state index contributed by atoms with van der Waals surface area (Å²) < 4.78 is 5.91. The number of ether oxygens (including phenoxy) is 1. The van der Waals surface area contributed by atoms with Gasteiger partial charge < -0.3 is 19.9 Å². The van der Waals surface area contributed by atoms with Crippen LogP contribution in [0.5, 0.6) is 5.75 Å². The Kier molecular flexibility index (Phi) is 4.12. The van der Waals surface area contributed by atoms with Crippen molar-refractivity contribution in [3.63, 3.8) is 0 Å². The maximum absolute atomic E-state index is 12.0. The predicted octanol–water partition coefficient (Wildman–Crippen LogP) is 1.73. The van der Waals surface area contributed by atoms with E-state index in [1.54, 1.807) is 0 Å². The average molecular weight is 315 g/mol. The van der Waals surface area contributed by atoms with E-state index in [4.69, 9.17) is 4.74 Å². The third-order valence-corrected chi connectivity index (χ3v) is 5.27. The van der Waals surface area contributed by atoms with Crippen LogP contribution in [0.25, 0.3) is 0 Å². The Morgan fingerprint density at radius 3 is 3.09 bits per heavy atom. The van der Waals surface area contributed by atoms with Gasteiger partial charge in [-0.1, -0.05) is 18.2 Å². The third kappa shape index (κ3) is 3.15. The van der Waals surface area contributed by atoms with E-state index in [0.717, 1.165) is 64.3 Å². The number of nitrogens with zero attached hydrogens (tertiary/aromatic N) is 2. The molecule has 2 amide bonds. The highest BCUT2D eigenvalue weighted by Gasteiger charge is 2.33. The van der Waals surface area contributed by atoms with Crippen molar-refractivity contribution >= 4 is 6.03 Å². The van der Waals surface area contributed by atoms with Gasteiger partial charge in [-0.05, 0) is 30.9 Å². The predicted molar refractivity (Wildman–Crippen MR) is 88.7 cm³/mol. The number of carbonyl (C=O) groups is 1. The van der Waals surface area contributed by atoms with Crippen molar-refractivity contribution < 1.29 is 9.53 Å². The van der Waals surface area contributed by atoms with Gasteiger partial charge in [0.25, 0.3) is 0 Å². The van der Waals surface area contributed by atoms with Gasteiger partial charge in [-0.2, -0.15) is 0 Å². The topological polar surface area (TPSA) is 44.8 Å². The van der Waals surface area contributed by atoms with Crippen molar-refractivity contribution in [2.24, 2.45) is 5.92 Å². The Morgan fingerprint density at radius 1 is 1.26 bits per heavy atom. The number of likely N-dealkylation sites (tertiary alicyclic amines) is 1. The van der Waals surface area contributed by atoms with Gasteiger partial charge in [-0.15, -0.1) is 0 Å². The normalized spacial score (nSPS) is 28.2. The molecule has 2 unspecified atom stereocenters. The van der Waals surface area contributed by atoms with Crippen molar-refractivity contribution in [3.05, 3.63) is 29.8 Å². The second kappa shape index (κ2) is 6.40. The second-order valence-corrected chi connectivity index (χ2v) is 6.97. The van der Waals surface area contributed by atoms with Crippen LogP contribution in [0, 0.1) is 5.92 Å². The van der Waals surface area contributed by atoms with E-state index in [-0.39, 0.29) is 6.03 Å². The first-order valence-corrected chi connectivity index (χ1v) is 8.77. The van der Waals surface area contributed by atoms with Gasteiger partial charge in [-0.3, -0.25) is 0 Å². The van der Waals surface area contributed by atoms with Crippen LogP contribution >= 0.6 is 0 Å². The van der Waals surface area contributed by atoms with E-state index in [0.29, 0.717) is 12.0 Å². The number of nitrogens with one attached hydrogen (secondary N) is 1. The lowest BCUT2D eigenvalue weighted by atomic mass is 9.96. The third-order valence-electron chi connectivity index (χ3n) is 5.27. The molecule has 0 bridgehead atoms. The van der Waals surface area contributed by atoms with E-state index >= 15 is 0 Å². The molecule has 4 rings (SSSR count). The first kappa shape index (κ1) is 14.8. The number of hydrogen-bond acceptors (Lipinski definition) is 3. The van der Waals surface area contributed by atoms with Crippen molar-refractivity contribution in [2.75, 3.05) is 39.3 Å². The summed E-state index contributed by atoms with van der Waals surface area (Å²) in [6.45, 7) is 5.70. The molecule has 0 saturated carbocycles. The number of hydrogen-bond donors (Lipinski definition) is 1. The Labute approximate surface area is 137 Å². The van der Waals surface area contributed by atoms with Gasteiger partial charge in [0.15, 0.2) is 0 Å². The van der Waals surface area contributed by atoms with Gasteiger partial charge in [0, 0.05) is 44.7 Å². The van der Waals surface area contributed by atoms with Gasteiger partial charge in [0.05, 0.1) is 6.61 Å².